The Morgan fingerprint density at radius 3 is 1.62 bits per heavy atom. The van der Waals surface area contributed by atoms with Crippen LogP contribution in [0.5, 0.6) is 11.5 Å². The number of ether oxygens (including phenoxy) is 2. The molecule has 84 valence electrons. The van der Waals surface area contributed by atoms with Gasteiger partial charge in [-0.2, -0.15) is 0 Å². The van der Waals surface area contributed by atoms with Crippen molar-refractivity contribution in [2.45, 2.75) is 0 Å². The highest BCUT2D eigenvalue weighted by Crippen LogP contribution is 2.33. The van der Waals surface area contributed by atoms with Crippen molar-refractivity contribution in [3.63, 3.8) is 0 Å². The monoisotopic (exact) mass is 224 g/mol. The summed E-state index contributed by atoms with van der Waals surface area (Å²) in [6.45, 7) is -0.188. The molecule has 0 spiro atoms. The highest BCUT2D eigenvalue weighted by atomic mass is 16.6. The SMILES string of the molecule is O=C1OCCOC(=O)c2ccc1c(O)c2O. The van der Waals surface area contributed by atoms with E-state index in [1.165, 1.54) is 12.1 Å². The second kappa shape index (κ2) is 3.73. The molecule has 2 aliphatic rings. The van der Waals surface area contributed by atoms with Crippen molar-refractivity contribution < 1.29 is 29.3 Å². The number of fused-ring (bicyclic) bond motifs is 7. The first-order valence-corrected chi connectivity index (χ1v) is 4.50. The third-order valence-electron chi connectivity index (χ3n) is 2.14. The molecule has 0 amide bonds. The summed E-state index contributed by atoms with van der Waals surface area (Å²) in [5.41, 5.74) is -0.369. The molecule has 0 fully saturated rings. The fourth-order valence-corrected chi connectivity index (χ4v) is 1.33. The van der Waals surface area contributed by atoms with Gasteiger partial charge in [0.05, 0.1) is 0 Å². The summed E-state index contributed by atoms with van der Waals surface area (Å²) in [5.74, 6) is -2.92. The van der Waals surface area contributed by atoms with E-state index in [-0.39, 0.29) is 24.3 Å². The fourth-order valence-electron chi connectivity index (χ4n) is 1.33. The van der Waals surface area contributed by atoms with Gasteiger partial charge in [0.1, 0.15) is 24.3 Å². The third-order valence-corrected chi connectivity index (χ3v) is 2.14. The quantitative estimate of drug-likeness (QED) is 0.490. The molecule has 1 aromatic rings. The van der Waals surface area contributed by atoms with Gasteiger partial charge in [-0.15, -0.1) is 0 Å². The van der Waals surface area contributed by atoms with E-state index in [0.29, 0.717) is 0 Å². The summed E-state index contributed by atoms with van der Waals surface area (Å²) in [4.78, 5) is 22.7. The predicted octanol–water partition coefficient (Wildman–Crippen LogP) is 0.425. The van der Waals surface area contributed by atoms with Gasteiger partial charge in [-0.1, -0.05) is 0 Å². The number of phenolic OH excluding ortho intramolecular Hbond substituents is 2. The van der Waals surface area contributed by atoms with Crippen LogP contribution in [-0.2, 0) is 9.47 Å². The highest BCUT2D eigenvalue weighted by Gasteiger charge is 2.24. The maximum Gasteiger partial charge on any atom is 0.342 e. The standard InChI is InChI=1S/C10H8O6/c11-7-5-1-2-6(8(7)12)10(14)16-4-3-15-9(5)13/h1-2,11-12H,3-4H2. The molecule has 2 N–H and O–H groups in total. The Morgan fingerprint density at radius 2 is 1.25 bits per heavy atom. The second-order valence-electron chi connectivity index (χ2n) is 3.13. The Hall–Kier alpha value is -2.24. The van der Waals surface area contributed by atoms with E-state index in [2.05, 4.69) is 0 Å². The molecular formula is C10H8O6. The van der Waals surface area contributed by atoms with Crippen LogP contribution in [-0.4, -0.2) is 35.4 Å². The summed E-state index contributed by atoms with van der Waals surface area (Å²) in [5, 5.41) is 19.0. The van der Waals surface area contributed by atoms with Crippen LogP contribution in [0.25, 0.3) is 0 Å². The van der Waals surface area contributed by atoms with Gasteiger partial charge < -0.3 is 19.7 Å². The summed E-state index contributed by atoms with van der Waals surface area (Å²) in [7, 11) is 0. The van der Waals surface area contributed by atoms with E-state index in [4.69, 9.17) is 9.47 Å². The van der Waals surface area contributed by atoms with Crippen molar-refractivity contribution in [3.05, 3.63) is 23.3 Å². The van der Waals surface area contributed by atoms with Gasteiger partial charge in [0, 0.05) is 0 Å². The number of hydrogen-bond acceptors (Lipinski definition) is 6. The number of benzene rings is 1. The normalized spacial score (nSPS) is 15.5. The van der Waals surface area contributed by atoms with Crippen molar-refractivity contribution >= 4 is 11.9 Å². The first kappa shape index (κ1) is 10.3. The van der Waals surface area contributed by atoms with Gasteiger partial charge in [0.15, 0.2) is 11.5 Å². The maximum absolute atomic E-state index is 11.4. The molecule has 0 atom stereocenters. The molecule has 6 heteroatoms. The molecule has 0 unspecified atom stereocenters. The molecule has 3 rings (SSSR count). The molecule has 0 aromatic heterocycles. The lowest BCUT2D eigenvalue weighted by atomic mass is 10.1. The molecule has 2 aliphatic heterocycles. The zero-order valence-electron chi connectivity index (χ0n) is 8.10. The van der Waals surface area contributed by atoms with E-state index >= 15 is 0 Å². The van der Waals surface area contributed by atoms with E-state index in [9.17, 15) is 19.8 Å². The summed E-state index contributed by atoms with van der Waals surface area (Å²) >= 11 is 0. The zero-order valence-corrected chi connectivity index (χ0v) is 8.10. The van der Waals surface area contributed by atoms with Gasteiger partial charge in [0.2, 0.25) is 0 Å². The molecule has 0 saturated heterocycles. The van der Waals surface area contributed by atoms with Crippen LogP contribution in [0.2, 0.25) is 0 Å². The largest absolute Gasteiger partial charge is 0.504 e. The molecular weight excluding hydrogens is 216 g/mol. The van der Waals surface area contributed by atoms with Crippen LogP contribution in [0.15, 0.2) is 12.1 Å². The highest BCUT2D eigenvalue weighted by molar-refractivity contribution is 5.99. The Bertz CT molecular complexity index is 422. The molecule has 0 aliphatic carbocycles. The lowest BCUT2D eigenvalue weighted by Crippen LogP contribution is -2.17. The number of esters is 2. The first-order valence-electron chi connectivity index (χ1n) is 4.50. The number of carbonyl (C=O) groups is 2. The Morgan fingerprint density at radius 1 is 0.875 bits per heavy atom. The molecule has 1 aromatic carbocycles. The van der Waals surface area contributed by atoms with Crippen LogP contribution < -0.4 is 0 Å². The second-order valence-corrected chi connectivity index (χ2v) is 3.13. The maximum atomic E-state index is 11.4. The average molecular weight is 224 g/mol. The molecule has 2 bridgehead atoms. The van der Waals surface area contributed by atoms with Crippen molar-refractivity contribution in [1.82, 2.24) is 0 Å². The van der Waals surface area contributed by atoms with Crippen LogP contribution >= 0.6 is 0 Å². The van der Waals surface area contributed by atoms with E-state index < -0.39 is 23.4 Å². The van der Waals surface area contributed by atoms with Crippen LogP contribution in [0, 0.1) is 0 Å². The van der Waals surface area contributed by atoms with Crippen LogP contribution in [0.1, 0.15) is 20.7 Å². The van der Waals surface area contributed by atoms with Gasteiger partial charge >= 0.3 is 11.9 Å². The van der Waals surface area contributed by atoms with Gasteiger partial charge in [-0.25, -0.2) is 9.59 Å². The summed E-state index contributed by atoms with van der Waals surface area (Å²) in [6.07, 6.45) is 0. The van der Waals surface area contributed by atoms with E-state index in [1.807, 2.05) is 0 Å². The van der Waals surface area contributed by atoms with E-state index in [0.717, 1.165) is 0 Å². The lowest BCUT2D eigenvalue weighted by molar-refractivity contribution is 0.0253. The van der Waals surface area contributed by atoms with Gasteiger partial charge in [-0.05, 0) is 12.1 Å². The van der Waals surface area contributed by atoms with E-state index in [1.54, 1.807) is 0 Å². The summed E-state index contributed by atoms with van der Waals surface area (Å²) < 4.78 is 9.39. The molecule has 0 radical (unpaired) electrons. The molecule has 16 heavy (non-hydrogen) atoms. The van der Waals surface area contributed by atoms with Gasteiger partial charge in [0.25, 0.3) is 0 Å². The van der Waals surface area contributed by atoms with Crippen molar-refractivity contribution in [2.24, 2.45) is 0 Å². The minimum atomic E-state index is -0.780. The Balaban J connectivity index is 2.60. The smallest absolute Gasteiger partial charge is 0.342 e. The predicted molar refractivity (Wildman–Crippen MR) is 50.3 cm³/mol. The number of phenols is 2. The number of rotatable bonds is 0. The Labute approximate surface area is 90.0 Å². The zero-order chi connectivity index (χ0) is 11.7. The first-order chi connectivity index (χ1) is 7.61. The van der Waals surface area contributed by atoms with Crippen molar-refractivity contribution in [1.29, 1.82) is 0 Å². The average Bonchev–Trinajstić information content (AvgIpc) is 2.27. The number of carbonyl (C=O) groups excluding carboxylic acids is 2. The summed E-state index contributed by atoms with van der Waals surface area (Å²) in [6, 6.07) is 2.39. The minimum Gasteiger partial charge on any atom is -0.504 e. The molecule has 0 saturated carbocycles. The van der Waals surface area contributed by atoms with Gasteiger partial charge in [-0.3, -0.25) is 0 Å². The Kier molecular flexibility index (Phi) is 2.40. The molecule has 2 heterocycles. The van der Waals surface area contributed by atoms with Crippen molar-refractivity contribution in [3.8, 4) is 11.5 Å². The van der Waals surface area contributed by atoms with Crippen molar-refractivity contribution in [2.75, 3.05) is 13.2 Å². The molecule has 6 nitrogen and oxygen atoms in total. The minimum absolute atomic E-state index is 0.0940. The fraction of sp³-hybridized carbons (Fsp3) is 0.200. The third kappa shape index (κ3) is 1.54. The number of hydrogen-bond donors (Lipinski definition) is 2. The van der Waals surface area contributed by atoms with Crippen LogP contribution in [0.4, 0.5) is 0 Å². The van der Waals surface area contributed by atoms with Crippen LogP contribution in [0.3, 0.4) is 0 Å². The number of aromatic hydroxyl groups is 2. The topological polar surface area (TPSA) is 93.1 Å². The lowest BCUT2D eigenvalue weighted by Gasteiger charge is -2.13.